The zero-order valence-corrected chi connectivity index (χ0v) is 15.7. The van der Waals surface area contributed by atoms with E-state index < -0.39 is 0 Å². The summed E-state index contributed by atoms with van der Waals surface area (Å²) < 4.78 is 5.12. The lowest BCUT2D eigenvalue weighted by atomic mass is 10.2. The number of hydrogen-bond donors (Lipinski definition) is 0. The SMILES string of the molecule is CCc1nsc(N2CCCN(c3ccc([N+](=O)[O-])cc3Br)CC2)n1. The summed E-state index contributed by atoms with van der Waals surface area (Å²) in [5.41, 5.74) is 1.09. The van der Waals surface area contributed by atoms with Crippen LogP contribution >= 0.6 is 27.5 Å². The van der Waals surface area contributed by atoms with Crippen molar-refractivity contribution in [2.45, 2.75) is 19.8 Å². The van der Waals surface area contributed by atoms with Crippen LogP contribution in [0.25, 0.3) is 0 Å². The molecule has 0 aliphatic carbocycles. The zero-order valence-electron chi connectivity index (χ0n) is 13.3. The van der Waals surface area contributed by atoms with Crippen molar-refractivity contribution in [2.24, 2.45) is 0 Å². The molecule has 1 aliphatic heterocycles. The van der Waals surface area contributed by atoms with Crippen molar-refractivity contribution in [2.75, 3.05) is 36.0 Å². The Kier molecular flexibility index (Phi) is 5.30. The third-order valence-corrected chi connectivity index (χ3v) is 5.47. The summed E-state index contributed by atoms with van der Waals surface area (Å²) in [7, 11) is 0. The highest BCUT2D eigenvalue weighted by Gasteiger charge is 2.20. The van der Waals surface area contributed by atoms with E-state index in [1.807, 2.05) is 6.07 Å². The molecular formula is C15H18BrN5O2S. The van der Waals surface area contributed by atoms with Crippen LogP contribution in [-0.2, 0) is 6.42 Å². The number of hydrogen-bond acceptors (Lipinski definition) is 7. The number of nitrogens with zero attached hydrogens (tertiary/aromatic N) is 5. The molecule has 24 heavy (non-hydrogen) atoms. The Balaban J connectivity index is 1.72. The zero-order chi connectivity index (χ0) is 17.1. The number of aryl methyl sites for hydroxylation is 1. The lowest BCUT2D eigenvalue weighted by molar-refractivity contribution is -0.384. The summed E-state index contributed by atoms with van der Waals surface area (Å²) in [5, 5.41) is 11.9. The van der Waals surface area contributed by atoms with Crippen LogP contribution in [0.5, 0.6) is 0 Å². The van der Waals surface area contributed by atoms with E-state index in [2.05, 4.69) is 42.0 Å². The van der Waals surface area contributed by atoms with Crippen LogP contribution in [0, 0.1) is 10.1 Å². The molecule has 0 amide bonds. The minimum Gasteiger partial charge on any atom is -0.369 e. The van der Waals surface area contributed by atoms with E-state index in [0.29, 0.717) is 0 Å². The first-order valence-electron chi connectivity index (χ1n) is 7.85. The number of aromatic nitrogens is 2. The molecule has 9 heteroatoms. The predicted octanol–water partition coefficient (Wildman–Crippen LogP) is 3.49. The number of nitro benzene ring substituents is 1. The van der Waals surface area contributed by atoms with Crippen molar-refractivity contribution in [3.8, 4) is 0 Å². The lowest BCUT2D eigenvalue weighted by Crippen LogP contribution is -2.30. The van der Waals surface area contributed by atoms with Crippen LogP contribution in [0.2, 0.25) is 0 Å². The van der Waals surface area contributed by atoms with Crippen LogP contribution in [0.3, 0.4) is 0 Å². The highest BCUT2D eigenvalue weighted by Crippen LogP contribution is 2.31. The van der Waals surface area contributed by atoms with Crippen molar-refractivity contribution in [3.05, 3.63) is 38.6 Å². The molecule has 1 aromatic carbocycles. The van der Waals surface area contributed by atoms with Gasteiger partial charge < -0.3 is 9.80 Å². The highest BCUT2D eigenvalue weighted by molar-refractivity contribution is 9.10. The maximum Gasteiger partial charge on any atom is 0.270 e. The molecule has 1 fully saturated rings. The van der Waals surface area contributed by atoms with E-state index in [1.165, 1.54) is 11.5 Å². The molecule has 128 valence electrons. The summed E-state index contributed by atoms with van der Waals surface area (Å²) in [6.07, 6.45) is 1.86. The van der Waals surface area contributed by atoms with E-state index in [1.54, 1.807) is 12.1 Å². The van der Waals surface area contributed by atoms with E-state index in [-0.39, 0.29) is 10.6 Å². The van der Waals surface area contributed by atoms with Gasteiger partial charge in [-0.15, -0.1) is 0 Å². The molecule has 7 nitrogen and oxygen atoms in total. The Morgan fingerprint density at radius 1 is 1.29 bits per heavy atom. The normalized spacial score (nSPS) is 15.4. The molecule has 0 atom stereocenters. The molecule has 3 rings (SSSR count). The molecule has 2 aromatic rings. The fourth-order valence-corrected chi connectivity index (χ4v) is 4.15. The topological polar surface area (TPSA) is 75.4 Å². The molecule has 0 bridgehead atoms. The van der Waals surface area contributed by atoms with Gasteiger partial charge in [0.15, 0.2) is 0 Å². The number of non-ortho nitro benzene ring substituents is 1. The van der Waals surface area contributed by atoms with Gasteiger partial charge in [0.2, 0.25) is 5.13 Å². The third-order valence-electron chi connectivity index (χ3n) is 4.02. The number of rotatable bonds is 4. The van der Waals surface area contributed by atoms with Gasteiger partial charge in [-0.3, -0.25) is 10.1 Å². The first-order valence-corrected chi connectivity index (χ1v) is 9.41. The number of benzene rings is 1. The Hall–Kier alpha value is -1.74. The molecule has 0 N–H and O–H groups in total. The first kappa shape index (κ1) is 17.1. The lowest BCUT2D eigenvalue weighted by Gasteiger charge is -2.24. The summed E-state index contributed by atoms with van der Waals surface area (Å²) in [5.74, 6) is 0.897. The van der Waals surface area contributed by atoms with Gasteiger partial charge >= 0.3 is 0 Å². The van der Waals surface area contributed by atoms with Crippen LogP contribution < -0.4 is 9.80 Å². The number of anilines is 2. The summed E-state index contributed by atoms with van der Waals surface area (Å²) in [6.45, 7) is 5.62. The molecule has 1 aromatic heterocycles. The predicted molar refractivity (Wildman–Crippen MR) is 99.1 cm³/mol. The molecular weight excluding hydrogens is 394 g/mol. The summed E-state index contributed by atoms with van der Waals surface area (Å²) >= 11 is 4.93. The molecule has 0 spiro atoms. The van der Waals surface area contributed by atoms with Gasteiger partial charge in [0.05, 0.1) is 10.6 Å². The highest BCUT2D eigenvalue weighted by atomic mass is 79.9. The third kappa shape index (κ3) is 3.67. The Morgan fingerprint density at radius 3 is 2.71 bits per heavy atom. The van der Waals surface area contributed by atoms with Crippen molar-refractivity contribution in [3.63, 3.8) is 0 Å². The van der Waals surface area contributed by atoms with Gasteiger partial charge in [0, 0.05) is 60.7 Å². The minimum atomic E-state index is -0.376. The van der Waals surface area contributed by atoms with Crippen LogP contribution in [0.1, 0.15) is 19.2 Å². The largest absolute Gasteiger partial charge is 0.369 e. The quantitative estimate of drug-likeness (QED) is 0.565. The molecule has 1 saturated heterocycles. The van der Waals surface area contributed by atoms with E-state index >= 15 is 0 Å². The second kappa shape index (κ2) is 7.43. The van der Waals surface area contributed by atoms with Crippen LogP contribution in [0.4, 0.5) is 16.5 Å². The average molecular weight is 412 g/mol. The molecule has 1 aliphatic rings. The maximum atomic E-state index is 10.9. The van der Waals surface area contributed by atoms with Crippen molar-refractivity contribution >= 4 is 44.0 Å². The fraction of sp³-hybridized carbons (Fsp3) is 0.467. The van der Waals surface area contributed by atoms with Crippen molar-refractivity contribution in [1.82, 2.24) is 9.36 Å². The van der Waals surface area contributed by atoms with E-state index in [0.717, 1.165) is 60.1 Å². The Bertz CT molecular complexity index is 738. The fourth-order valence-electron chi connectivity index (χ4n) is 2.73. The van der Waals surface area contributed by atoms with Gasteiger partial charge in [-0.2, -0.15) is 4.37 Å². The Labute approximate surface area is 152 Å². The monoisotopic (exact) mass is 411 g/mol. The van der Waals surface area contributed by atoms with Gasteiger partial charge in [-0.1, -0.05) is 6.92 Å². The second-order valence-corrected chi connectivity index (χ2v) is 7.15. The molecule has 2 heterocycles. The van der Waals surface area contributed by atoms with Gasteiger partial charge in [-0.05, 0) is 28.4 Å². The standard InChI is InChI=1S/C15H18BrN5O2S/c1-2-14-17-15(24-18-14)20-7-3-6-19(8-9-20)13-5-4-11(21(22)23)10-12(13)16/h4-5,10H,2-3,6-9H2,1H3. The van der Waals surface area contributed by atoms with E-state index in [4.69, 9.17) is 0 Å². The molecule has 0 radical (unpaired) electrons. The smallest absolute Gasteiger partial charge is 0.270 e. The Morgan fingerprint density at radius 2 is 2.04 bits per heavy atom. The summed E-state index contributed by atoms with van der Waals surface area (Å²) in [4.78, 5) is 19.6. The number of nitro groups is 1. The van der Waals surface area contributed by atoms with Crippen LogP contribution in [0.15, 0.2) is 22.7 Å². The van der Waals surface area contributed by atoms with Gasteiger partial charge in [-0.25, -0.2) is 4.98 Å². The van der Waals surface area contributed by atoms with Gasteiger partial charge in [0.25, 0.3) is 5.69 Å². The van der Waals surface area contributed by atoms with E-state index in [9.17, 15) is 10.1 Å². The van der Waals surface area contributed by atoms with Crippen molar-refractivity contribution < 1.29 is 4.92 Å². The maximum absolute atomic E-state index is 10.9. The van der Waals surface area contributed by atoms with Crippen molar-refractivity contribution in [1.29, 1.82) is 0 Å². The van der Waals surface area contributed by atoms with Crippen LogP contribution in [-0.4, -0.2) is 40.5 Å². The second-order valence-electron chi connectivity index (χ2n) is 5.57. The number of halogens is 1. The average Bonchev–Trinajstić information content (AvgIpc) is 2.92. The molecule has 0 saturated carbocycles. The first-order chi connectivity index (χ1) is 11.6. The molecule has 0 unspecified atom stereocenters. The minimum absolute atomic E-state index is 0.100. The van der Waals surface area contributed by atoms with Gasteiger partial charge in [0.1, 0.15) is 5.82 Å². The summed E-state index contributed by atoms with van der Waals surface area (Å²) in [6, 6.07) is 4.94.